The van der Waals surface area contributed by atoms with Crippen molar-refractivity contribution in [2.45, 2.75) is 44.6 Å². The van der Waals surface area contributed by atoms with Crippen LogP contribution in [-0.2, 0) is 5.60 Å². The molecule has 0 heterocycles. The third-order valence-corrected chi connectivity index (χ3v) is 4.26. The molecule has 1 nitrogen and oxygen atoms in total. The van der Waals surface area contributed by atoms with Crippen molar-refractivity contribution < 1.29 is 5.11 Å². The Morgan fingerprint density at radius 1 is 1.18 bits per heavy atom. The fourth-order valence-electron chi connectivity index (χ4n) is 2.49. The fraction of sp³-hybridized carbons (Fsp3) is 0.467. The Labute approximate surface area is 112 Å². The zero-order valence-electron chi connectivity index (χ0n) is 10.2. The first-order valence-electron chi connectivity index (χ1n) is 6.29. The van der Waals surface area contributed by atoms with Gasteiger partial charge < -0.3 is 5.11 Å². The Morgan fingerprint density at radius 3 is 2.71 bits per heavy atom. The zero-order chi connectivity index (χ0) is 12.3. The van der Waals surface area contributed by atoms with E-state index in [0.717, 1.165) is 22.9 Å². The molecule has 92 valence electrons. The number of hydrogen-bond acceptors (Lipinski definition) is 1. The van der Waals surface area contributed by atoms with E-state index in [2.05, 4.69) is 22.0 Å². The van der Waals surface area contributed by atoms with Crippen molar-refractivity contribution in [3.8, 4) is 0 Å². The van der Waals surface area contributed by atoms with E-state index in [-0.39, 0.29) is 0 Å². The van der Waals surface area contributed by atoms with E-state index < -0.39 is 5.60 Å². The summed E-state index contributed by atoms with van der Waals surface area (Å²) in [6, 6.07) is 7.94. The highest BCUT2D eigenvalue weighted by Crippen LogP contribution is 2.37. The van der Waals surface area contributed by atoms with Gasteiger partial charge in [0.1, 0.15) is 5.60 Å². The van der Waals surface area contributed by atoms with Gasteiger partial charge in [0.2, 0.25) is 0 Å². The van der Waals surface area contributed by atoms with E-state index in [4.69, 9.17) is 0 Å². The van der Waals surface area contributed by atoms with E-state index in [1.54, 1.807) is 0 Å². The van der Waals surface area contributed by atoms with Gasteiger partial charge in [0.05, 0.1) is 0 Å². The summed E-state index contributed by atoms with van der Waals surface area (Å²) in [6.07, 6.45) is 8.03. The van der Waals surface area contributed by atoms with Gasteiger partial charge in [-0.15, -0.1) is 0 Å². The van der Waals surface area contributed by atoms with Gasteiger partial charge in [-0.1, -0.05) is 46.6 Å². The minimum atomic E-state index is -0.843. The number of halogens is 1. The summed E-state index contributed by atoms with van der Waals surface area (Å²) in [5, 5.41) is 10.8. The molecule has 2 rings (SSSR count). The molecule has 1 aliphatic rings. The second-order valence-corrected chi connectivity index (χ2v) is 5.74. The van der Waals surface area contributed by atoms with Gasteiger partial charge in [0.15, 0.2) is 0 Å². The van der Waals surface area contributed by atoms with Crippen LogP contribution < -0.4 is 0 Å². The Morgan fingerprint density at radius 2 is 1.94 bits per heavy atom. The lowest BCUT2D eigenvalue weighted by Gasteiger charge is -2.28. The van der Waals surface area contributed by atoms with Crippen LogP contribution in [0.25, 0.3) is 0 Å². The third kappa shape index (κ3) is 2.80. The van der Waals surface area contributed by atoms with Gasteiger partial charge in [0, 0.05) is 10.0 Å². The summed E-state index contributed by atoms with van der Waals surface area (Å²) in [5.41, 5.74) is 1.29. The lowest BCUT2D eigenvalue weighted by atomic mass is 9.85. The molecule has 1 N–H and O–H groups in total. The quantitative estimate of drug-likeness (QED) is 0.794. The van der Waals surface area contributed by atoms with Crippen molar-refractivity contribution in [2.24, 2.45) is 0 Å². The van der Waals surface area contributed by atoms with Crippen LogP contribution in [0.5, 0.6) is 0 Å². The van der Waals surface area contributed by atoms with Gasteiger partial charge in [-0.25, -0.2) is 0 Å². The molecule has 2 heteroatoms. The van der Waals surface area contributed by atoms with Crippen LogP contribution in [0.4, 0.5) is 0 Å². The summed E-state index contributed by atoms with van der Waals surface area (Å²) in [5.74, 6) is 0. The van der Waals surface area contributed by atoms with Crippen LogP contribution in [0.15, 0.2) is 40.4 Å². The molecule has 1 unspecified atom stereocenters. The predicted molar refractivity (Wildman–Crippen MR) is 74.9 cm³/mol. The Hall–Kier alpha value is -0.600. The maximum absolute atomic E-state index is 10.8. The summed E-state index contributed by atoms with van der Waals surface area (Å²) >= 11 is 3.53. The lowest BCUT2D eigenvalue weighted by molar-refractivity contribution is 0.0924. The van der Waals surface area contributed by atoms with Crippen LogP contribution in [0, 0.1) is 0 Å². The van der Waals surface area contributed by atoms with Crippen molar-refractivity contribution in [1.82, 2.24) is 0 Å². The highest BCUT2D eigenvalue weighted by molar-refractivity contribution is 9.10. The molecule has 1 aliphatic carbocycles. The van der Waals surface area contributed by atoms with Crippen LogP contribution in [0.3, 0.4) is 0 Å². The predicted octanol–water partition coefficient (Wildman–Crippen LogP) is 4.55. The van der Waals surface area contributed by atoms with Gasteiger partial charge in [-0.2, -0.15) is 0 Å². The molecule has 0 saturated carbocycles. The molecule has 0 radical (unpaired) electrons. The van der Waals surface area contributed by atoms with E-state index in [0.29, 0.717) is 0 Å². The average molecular weight is 295 g/mol. The maximum Gasteiger partial charge on any atom is 0.109 e. The zero-order valence-corrected chi connectivity index (χ0v) is 11.8. The molecular weight excluding hydrogens is 276 g/mol. The largest absolute Gasteiger partial charge is 0.381 e. The smallest absolute Gasteiger partial charge is 0.109 e. The topological polar surface area (TPSA) is 20.2 Å². The van der Waals surface area contributed by atoms with E-state index >= 15 is 0 Å². The molecule has 0 amide bonds. The second kappa shape index (κ2) is 5.36. The van der Waals surface area contributed by atoms with Crippen LogP contribution in [0.1, 0.15) is 44.6 Å². The highest BCUT2D eigenvalue weighted by atomic mass is 79.9. The molecule has 0 spiro atoms. The maximum atomic E-state index is 10.8. The Bertz CT molecular complexity index is 421. The van der Waals surface area contributed by atoms with Crippen molar-refractivity contribution in [3.63, 3.8) is 0 Å². The molecular formula is C15H19BrO. The van der Waals surface area contributed by atoms with Crippen molar-refractivity contribution in [1.29, 1.82) is 0 Å². The number of allylic oxidation sites excluding steroid dienone is 1. The lowest BCUT2D eigenvalue weighted by Crippen LogP contribution is -2.24. The van der Waals surface area contributed by atoms with Crippen LogP contribution in [0.2, 0.25) is 0 Å². The molecule has 0 fully saturated rings. The monoisotopic (exact) mass is 294 g/mol. The highest BCUT2D eigenvalue weighted by Gasteiger charge is 2.29. The van der Waals surface area contributed by atoms with Gasteiger partial charge in [0.25, 0.3) is 0 Å². The van der Waals surface area contributed by atoms with Crippen LogP contribution in [-0.4, -0.2) is 5.11 Å². The summed E-state index contributed by atoms with van der Waals surface area (Å²) in [4.78, 5) is 0. The Kier molecular flexibility index (Phi) is 4.05. The number of aliphatic hydroxyl groups is 1. The number of hydrogen-bond donors (Lipinski definition) is 1. The minimum Gasteiger partial charge on any atom is -0.381 e. The van der Waals surface area contributed by atoms with E-state index in [1.807, 2.05) is 31.2 Å². The second-order valence-electron chi connectivity index (χ2n) is 4.88. The molecule has 1 aromatic rings. The Balaban J connectivity index is 2.35. The van der Waals surface area contributed by atoms with Gasteiger partial charge >= 0.3 is 0 Å². The minimum absolute atomic E-state index is 0.843. The molecule has 0 bridgehead atoms. The molecule has 1 atom stereocenters. The van der Waals surface area contributed by atoms with Gasteiger partial charge in [-0.3, -0.25) is 0 Å². The summed E-state index contributed by atoms with van der Waals surface area (Å²) in [7, 11) is 0. The fourth-order valence-corrected chi connectivity index (χ4v) is 3.16. The number of rotatable bonds is 2. The van der Waals surface area contributed by atoms with Gasteiger partial charge in [-0.05, 0) is 44.2 Å². The summed E-state index contributed by atoms with van der Waals surface area (Å²) < 4.78 is 0.982. The first-order chi connectivity index (χ1) is 8.12. The van der Waals surface area contributed by atoms with Crippen molar-refractivity contribution in [3.05, 3.63) is 46.0 Å². The normalized spacial score (nSPS) is 20.3. The molecule has 0 aliphatic heterocycles. The third-order valence-electron chi connectivity index (χ3n) is 3.56. The summed E-state index contributed by atoms with van der Waals surface area (Å²) in [6.45, 7) is 1.91. The number of benzene rings is 1. The standard InChI is InChI=1S/C15H19BrO/c1-15(17,12-8-4-2-3-5-9-12)13-10-6-7-11-14(13)16/h6-8,10-11,17H,2-5,9H2,1H3. The molecule has 1 aromatic carbocycles. The van der Waals surface area contributed by atoms with Crippen molar-refractivity contribution in [2.75, 3.05) is 0 Å². The van der Waals surface area contributed by atoms with E-state index in [1.165, 1.54) is 24.8 Å². The SMILES string of the molecule is CC(O)(C1=CCCCCC1)c1ccccc1Br. The van der Waals surface area contributed by atoms with Crippen LogP contribution >= 0.6 is 15.9 Å². The first kappa shape index (κ1) is 12.8. The average Bonchev–Trinajstić information content (AvgIpc) is 2.58. The molecule has 0 saturated heterocycles. The first-order valence-corrected chi connectivity index (χ1v) is 7.08. The van der Waals surface area contributed by atoms with Crippen molar-refractivity contribution >= 4 is 15.9 Å². The van der Waals surface area contributed by atoms with E-state index in [9.17, 15) is 5.11 Å². The molecule has 17 heavy (non-hydrogen) atoms. The molecule has 0 aromatic heterocycles.